The van der Waals surface area contributed by atoms with Crippen LogP contribution in [-0.2, 0) is 17.8 Å². The summed E-state index contributed by atoms with van der Waals surface area (Å²) in [6, 6.07) is 6.99. The summed E-state index contributed by atoms with van der Waals surface area (Å²) in [5, 5.41) is 10.4. The van der Waals surface area contributed by atoms with Crippen molar-refractivity contribution < 1.29 is 22.7 Å². The van der Waals surface area contributed by atoms with Gasteiger partial charge < -0.3 is 14.6 Å². The molecule has 1 aromatic carbocycles. The lowest BCUT2D eigenvalue weighted by atomic mass is 10.2. The quantitative estimate of drug-likeness (QED) is 0.863. The first-order valence-corrected chi connectivity index (χ1v) is 8.87. The van der Waals surface area contributed by atoms with Crippen LogP contribution in [0.15, 0.2) is 24.3 Å². The summed E-state index contributed by atoms with van der Waals surface area (Å²) >= 11 is 0. The van der Waals surface area contributed by atoms with Crippen LogP contribution in [0.4, 0.5) is 13.2 Å². The molecule has 146 valence electrons. The molecule has 0 saturated heterocycles. The third-order valence-corrected chi connectivity index (χ3v) is 4.35. The zero-order valence-corrected chi connectivity index (χ0v) is 14.9. The highest BCUT2D eigenvalue weighted by Gasteiger charge is 2.29. The van der Waals surface area contributed by atoms with Crippen molar-refractivity contribution in [1.29, 1.82) is 0 Å². The molecule has 1 amide bonds. The highest BCUT2D eigenvalue weighted by atomic mass is 19.4. The van der Waals surface area contributed by atoms with E-state index in [-0.39, 0.29) is 0 Å². The van der Waals surface area contributed by atoms with Gasteiger partial charge in [-0.15, -0.1) is 10.2 Å². The molecule has 3 rings (SSSR count). The Kier molecular flexibility index (Phi) is 5.67. The first-order valence-electron chi connectivity index (χ1n) is 8.87. The van der Waals surface area contributed by atoms with Crippen LogP contribution in [0.3, 0.4) is 0 Å². The van der Waals surface area contributed by atoms with Gasteiger partial charge in [-0.3, -0.25) is 4.79 Å². The van der Waals surface area contributed by atoms with E-state index in [2.05, 4.69) is 14.8 Å². The molecule has 9 heteroatoms. The predicted molar refractivity (Wildman–Crippen MR) is 92.2 cm³/mol. The number of carbonyl (C=O) groups is 1. The molecule has 0 bridgehead atoms. The Labute approximate surface area is 154 Å². The number of fused-ring (bicyclic) bond motifs is 1. The Morgan fingerprint density at radius 1 is 1.30 bits per heavy atom. The van der Waals surface area contributed by atoms with Crippen LogP contribution in [0, 0.1) is 0 Å². The van der Waals surface area contributed by atoms with Crippen LogP contribution in [0.2, 0.25) is 0 Å². The maximum absolute atomic E-state index is 12.2. The molecule has 0 unspecified atom stereocenters. The minimum absolute atomic E-state index is 0.383. The maximum Gasteiger partial charge on any atom is 0.405 e. The third-order valence-electron chi connectivity index (χ3n) is 4.35. The van der Waals surface area contributed by atoms with Crippen molar-refractivity contribution in [3.63, 3.8) is 0 Å². The number of hydrogen-bond acceptors (Lipinski definition) is 4. The van der Waals surface area contributed by atoms with Gasteiger partial charge in [0.1, 0.15) is 18.1 Å². The Morgan fingerprint density at radius 2 is 2.11 bits per heavy atom. The Balaban J connectivity index is 1.71. The van der Waals surface area contributed by atoms with E-state index in [9.17, 15) is 18.0 Å². The first kappa shape index (κ1) is 19.2. The van der Waals surface area contributed by atoms with Crippen molar-refractivity contribution in [1.82, 2.24) is 20.1 Å². The van der Waals surface area contributed by atoms with Gasteiger partial charge in [0, 0.05) is 18.5 Å². The molecule has 2 heterocycles. The Hall–Kier alpha value is -2.58. The lowest BCUT2D eigenvalue weighted by molar-refractivity contribution is -0.142. The average molecular weight is 382 g/mol. The van der Waals surface area contributed by atoms with Crippen molar-refractivity contribution in [3.05, 3.63) is 30.1 Å². The summed E-state index contributed by atoms with van der Waals surface area (Å²) in [5.74, 6) is 1.24. The van der Waals surface area contributed by atoms with Gasteiger partial charge in [-0.25, -0.2) is 0 Å². The van der Waals surface area contributed by atoms with E-state index in [0.29, 0.717) is 5.75 Å². The van der Waals surface area contributed by atoms with E-state index >= 15 is 0 Å². The maximum atomic E-state index is 12.2. The topological polar surface area (TPSA) is 69.0 Å². The van der Waals surface area contributed by atoms with Gasteiger partial charge in [0.25, 0.3) is 5.91 Å². The molecule has 0 saturated carbocycles. The van der Waals surface area contributed by atoms with Crippen LogP contribution in [0.1, 0.15) is 32.0 Å². The number of alkyl halides is 3. The molecule has 2 aromatic rings. The third kappa shape index (κ3) is 4.99. The van der Waals surface area contributed by atoms with Gasteiger partial charge in [0.2, 0.25) is 0 Å². The number of nitrogens with zero attached hydrogens (tertiary/aromatic N) is 3. The van der Waals surface area contributed by atoms with Crippen LogP contribution < -0.4 is 10.1 Å². The van der Waals surface area contributed by atoms with Gasteiger partial charge in [-0.1, -0.05) is 18.6 Å². The summed E-state index contributed by atoms with van der Waals surface area (Å²) in [4.78, 5) is 11.8. The number of benzene rings is 1. The highest BCUT2D eigenvalue weighted by molar-refractivity contribution is 5.80. The summed E-state index contributed by atoms with van der Waals surface area (Å²) < 4.78 is 44.2. The van der Waals surface area contributed by atoms with Crippen LogP contribution >= 0.6 is 0 Å². The number of aromatic nitrogens is 3. The number of amides is 1. The predicted octanol–water partition coefficient (Wildman–Crippen LogP) is 3.12. The Morgan fingerprint density at radius 3 is 2.89 bits per heavy atom. The van der Waals surface area contributed by atoms with E-state index < -0.39 is 24.7 Å². The number of carbonyl (C=O) groups excluding carboxylic acids is 1. The molecule has 0 spiro atoms. The monoisotopic (exact) mass is 382 g/mol. The molecule has 0 radical (unpaired) electrons. The number of nitrogens with one attached hydrogen (secondary N) is 1. The molecule has 1 atom stereocenters. The number of halogens is 3. The Bertz CT molecular complexity index is 804. The van der Waals surface area contributed by atoms with Crippen molar-refractivity contribution in [2.24, 2.45) is 0 Å². The fraction of sp³-hybridized carbons (Fsp3) is 0.500. The number of hydrogen-bond donors (Lipinski definition) is 1. The van der Waals surface area contributed by atoms with E-state index in [1.54, 1.807) is 18.2 Å². The van der Waals surface area contributed by atoms with Gasteiger partial charge in [0.15, 0.2) is 11.9 Å². The van der Waals surface area contributed by atoms with Crippen LogP contribution in [-0.4, -0.2) is 39.5 Å². The van der Waals surface area contributed by atoms with Crippen molar-refractivity contribution >= 4 is 5.91 Å². The molecular formula is C18H21F3N4O2. The second-order valence-electron chi connectivity index (χ2n) is 6.52. The summed E-state index contributed by atoms with van der Waals surface area (Å²) in [5.41, 5.74) is 0.788. The molecule has 1 aromatic heterocycles. The fourth-order valence-electron chi connectivity index (χ4n) is 3.00. The normalized spacial score (nSPS) is 15.6. The number of aryl methyl sites for hydroxylation is 1. The lowest BCUT2D eigenvalue weighted by Gasteiger charge is -2.16. The molecule has 27 heavy (non-hydrogen) atoms. The second-order valence-corrected chi connectivity index (χ2v) is 6.52. The second kappa shape index (κ2) is 7.98. The van der Waals surface area contributed by atoms with E-state index in [0.717, 1.165) is 49.4 Å². The zero-order valence-electron chi connectivity index (χ0n) is 14.9. The van der Waals surface area contributed by atoms with Crippen molar-refractivity contribution in [3.8, 4) is 17.1 Å². The molecular weight excluding hydrogens is 361 g/mol. The summed E-state index contributed by atoms with van der Waals surface area (Å²) in [7, 11) is 0. The standard InChI is InChI=1S/C18H21F3N4O2/c1-12(17(26)22-11-18(19,20)21)27-14-7-5-6-13(10-14)16-24-23-15-8-3-2-4-9-25(15)16/h5-7,10,12H,2-4,8-9,11H2,1H3,(H,22,26)/t12-/m1/s1. The fourth-order valence-corrected chi connectivity index (χ4v) is 3.00. The first-order chi connectivity index (χ1) is 12.8. The van der Waals surface area contributed by atoms with Gasteiger partial charge in [-0.2, -0.15) is 13.2 Å². The minimum atomic E-state index is -4.46. The van der Waals surface area contributed by atoms with Crippen LogP contribution in [0.25, 0.3) is 11.4 Å². The van der Waals surface area contributed by atoms with Crippen molar-refractivity contribution in [2.45, 2.75) is 51.4 Å². The number of ether oxygens (including phenoxy) is 1. The average Bonchev–Trinajstić information content (AvgIpc) is 2.87. The largest absolute Gasteiger partial charge is 0.481 e. The van der Waals surface area contributed by atoms with E-state index in [1.165, 1.54) is 6.92 Å². The SMILES string of the molecule is C[C@@H](Oc1cccc(-c2nnc3n2CCCCC3)c1)C(=O)NCC(F)(F)F. The van der Waals surface area contributed by atoms with Gasteiger partial charge in [-0.05, 0) is 31.9 Å². The zero-order chi connectivity index (χ0) is 19.4. The smallest absolute Gasteiger partial charge is 0.405 e. The van der Waals surface area contributed by atoms with Gasteiger partial charge >= 0.3 is 6.18 Å². The molecule has 0 fully saturated rings. The molecule has 1 aliphatic heterocycles. The number of rotatable bonds is 5. The lowest BCUT2D eigenvalue weighted by Crippen LogP contribution is -2.41. The van der Waals surface area contributed by atoms with Crippen molar-refractivity contribution in [2.75, 3.05) is 6.54 Å². The molecule has 1 N–H and O–H groups in total. The molecule has 6 nitrogen and oxygen atoms in total. The molecule has 0 aliphatic carbocycles. The summed E-state index contributed by atoms with van der Waals surface area (Å²) in [6.45, 7) is 0.867. The van der Waals surface area contributed by atoms with E-state index in [1.807, 2.05) is 11.4 Å². The van der Waals surface area contributed by atoms with Crippen LogP contribution in [0.5, 0.6) is 5.75 Å². The summed E-state index contributed by atoms with van der Waals surface area (Å²) in [6.07, 6.45) is -1.33. The minimum Gasteiger partial charge on any atom is -0.481 e. The van der Waals surface area contributed by atoms with Gasteiger partial charge in [0.05, 0.1) is 0 Å². The molecule has 1 aliphatic rings. The highest BCUT2D eigenvalue weighted by Crippen LogP contribution is 2.26. The van der Waals surface area contributed by atoms with E-state index in [4.69, 9.17) is 4.74 Å².